The summed E-state index contributed by atoms with van der Waals surface area (Å²) in [5, 5.41) is 0. The number of ether oxygens (including phenoxy) is 1. The predicted octanol–water partition coefficient (Wildman–Crippen LogP) is 2.70. The highest BCUT2D eigenvalue weighted by Gasteiger charge is 2.40. The maximum atomic E-state index is 5.65. The smallest absolute Gasteiger partial charge is 0.217 e. The van der Waals surface area contributed by atoms with Gasteiger partial charge in [-0.2, -0.15) is 0 Å². The topological polar surface area (TPSA) is 22.1 Å². The second kappa shape index (κ2) is 2.97. The van der Waals surface area contributed by atoms with Gasteiger partial charge in [-0.25, -0.2) is 4.98 Å². The highest BCUT2D eigenvalue weighted by Crippen LogP contribution is 2.43. The number of pyridine rings is 1. The zero-order chi connectivity index (χ0) is 10.3. The van der Waals surface area contributed by atoms with Crippen molar-refractivity contribution in [3.63, 3.8) is 0 Å². The van der Waals surface area contributed by atoms with Gasteiger partial charge in [0, 0.05) is 17.2 Å². The summed E-state index contributed by atoms with van der Waals surface area (Å²) in [6.45, 7) is 9.64. The monoisotopic (exact) mass is 191 g/mol. The quantitative estimate of drug-likeness (QED) is 0.681. The molecule has 0 aliphatic carbocycles. The molecule has 1 aromatic heterocycles. The minimum Gasteiger partial charge on any atom is -0.476 e. The predicted molar refractivity (Wildman–Crippen MR) is 56.7 cm³/mol. The molecule has 0 saturated carbocycles. The van der Waals surface area contributed by atoms with Gasteiger partial charge >= 0.3 is 0 Å². The first-order chi connectivity index (χ1) is 6.55. The minimum atomic E-state index is 0.133. The molecule has 0 N–H and O–H groups in total. The molecule has 2 rings (SSSR count). The second-order valence-electron chi connectivity index (χ2n) is 4.67. The number of rotatable bonds is 1. The average molecular weight is 191 g/mol. The third kappa shape index (κ3) is 1.13. The van der Waals surface area contributed by atoms with Crippen LogP contribution in [-0.4, -0.2) is 11.6 Å². The lowest BCUT2D eigenvalue weighted by Crippen LogP contribution is -2.30. The number of fused-ring (bicyclic) bond motifs is 1. The van der Waals surface area contributed by atoms with E-state index < -0.39 is 0 Å². The lowest BCUT2D eigenvalue weighted by Gasteiger charge is -2.28. The molecule has 0 amide bonds. The normalized spacial score (nSPS) is 24.9. The van der Waals surface area contributed by atoms with Crippen LogP contribution in [0.5, 0.6) is 5.88 Å². The number of aromatic nitrogens is 1. The molecule has 0 radical (unpaired) electrons. The van der Waals surface area contributed by atoms with E-state index in [-0.39, 0.29) is 5.41 Å². The molecule has 14 heavy (non-hydrogen) atoms. The Bertz CT molecular complexity index is 359. The third-order valence-electron chi connectivity index (χ3n) is 3.48. The SMILES string of the molecule is Cc1ccnc2c1C(C)(C(C)C)CO2. The molecule has 76 valence electrons. The molecular formula is C12H17NO. The van der Waals surface area contributed by atoms with Crippen molar-refractivity contribution in [1.29, 1.82) is 0 Å². The van der Waals surface area contributed by atoms with Crippen LogP contribution in [0.2, 0.25) is 0 Å². The Hall–Kier alpha value is -1.05. The van der Waals surface area contributed by atoms with E-state index in [1.165, 1.54) is 11.1 Å². The summed E-state index contributed by atoms with van der Waals surface area (Å²) in [5.74, 6) is 1.41. The van der Waals surface area contributed by atoms with Crippen LogP contribution in [-0.2, 0) is 5.41 Å². The molecule has 2 nitrogen and oxygen atoms in total. The van der Waals surface area contributed by atoms with Crippen LogP contribution in [0.25, 0.3) is 0 Å². The van der Waals surface area contributed by atoms with E-state index in [2.05, 4.69) is 38.7 Å². The fraction of sp³-hybridized carbons (Fsp3) is 0.583. The molecule has 2 heteroatoms. The lowest BCUT2D eigenvalue weighted by molar-refractivity contribution is 0.227. The Morgan fingerprint density at radius 2 is 2.21 bits per heavy atom. The summed E-state index contributed by atoms with van der Waals surface area (Å²) in [6, 6.07) is 2.06. The van der Waals surface area contributed by atoms with Crippen molar-refractivity contribution >= 4 is 0 Å². The van der Waals surface area contributed by atoms with E-state index in [1.54, 1.807) is 0 Å². The van der Waals surface area contributed by atoms with Gasteiger partial charge in [-0.1, -0.05) is 20.8 Å². The molecule has 1 aliphatic heterocycles. The van der Waals surface area contributed by atoms with Crippen molar-refractivity contribution in [1.82, 2.24) is 4.98 Å². The summed E-state index contributed by atoms with van der Waals surface area (Å²) >= 11 is 0. The maximum Gasteiger partial charge on any atom is 0.217 e. The molecule has 2 heterocycles. The molecule has 1 aliphatic rings. The molecule has 1 aromatic rings. The molecule has 0 saturated heterocycles. The Balaban J connectivity index is 2.58. The number of nitrogens with zero attached hydrogens (tertiary/aromatic N) is 1. The zero-order valence-electron chi connectivity index (χ0n) is 9.29. The van der Waals surface area contributed by atoms with Crippen molar-refractivity contribution in [2.45, 2.75) is 33.1 Å². The first kappa shape index (κ1) is 9.50. The van der Waals surface area contributed by atoms with E-state index in [0.29, 0.717) is 5.92 Å². The van der Waals surface area contributed by atoms with Gasteiger partial charge in [0.05, 0.1) is 6.61 Å². The second-order valence-corrected chi connectivity index (χ2v) is 4.67. The lowest BCUT2D eigenvalue weighted by atomic mass is 9.74. The van der Waals surface area contributed by atoms with Crippen molar-refractivity contribution in [2.75, 3.05) is 6.61 Å². The van der Waals surface area contributed by atoms with Gasteiger partial charge < -0.3 is 4.74 Å². The van der Waals surface area contributed by atoms with Crippen LogP contribution in [0.1, 0.15) is 31.9 Å². The molecule has 0 spiro atoms. The minimum absolute atomic E-state index is 0.133. The number of aryl methyl sites for hydroxylation is 1. The highest BCUT2D eigenvalue weighted by atomic mass is 16.5. The number of hydrogen-bond acceptors (Lipinski definition) is 2. The number of hydrogen-bond donors (Lipinski definition) is 0. The van der Waals surface area contributed by atoms with E-state index in [9.17, 15) is 0 Å². The summed E-state index contributed by atoms with van der Waals surface area (Å²) in [5.41, 5.74) is 2.73. The van der Waals surface area contributed by atoms with Crippen LogP contribution >= 0.6 is 0 Å². The Kier molecular flexibility index (Phi) is 2.02. The Morgan fingerprint density at radius 3 is 2.86 bits per heavy atom. The van der Waals surface area contributed by atoms with Gasteiger partial charge in [0.1, 0.15) is 0 Å². The van der Waals surface area contributed by atoms with Crippen LogP contribution in [0.15, 0.2) is 12.3 Å². The van der Waals surface area contributed by atoms with Gasteiger partial charge in [-0.05, 0) is 24.5 Å². The van der Waals surface area contributed by atoms with Crippen LogP contribution in [0.4, 0.5) is 0 Å². The maximum absolute atomic E-state index is 5.65. The molecule has 0 fully saturated rings. The van der Waals surface area contributed by atoms with Gasteiger partial charge in [0.15, 0.2) is 0 Å². The van der Waals surface area contributed by atoms with Crippen LogP contribution in [0, 0.1) is 12.8 Å². The van der Waals surface area contributed by atoms with Gasteiger partial charge in [0.2, 0.25) is 5.88 Å². The van der Waals surface area contributed by atoms with Crippen molar-refractivity contribution in [3.05, 3.63) is 23.4 Å². The summed E-state index contributed by atoms with van der Waals surface area (Å²) in [4.78, 5) is 4.28. The van der Waals surface area contributed by atoms with Crippen molar-refractivity contribution in [3.8, 4) is 5.88 Å². The fourth-order valence-corrected chi connectivity index (χ4v) is 2.08. The van der Waals surface area contributed by atoms with E-state index >= 15 is 0 Å². The van der Waals surface area contributed by atoms with Gasteiger partial charge in [0.25, 0.3) is 0 Å². The molecule has 0 bridgehead atoms. The van der Waals surface area contributed by atoms with E-state index in [4.69, 9.17) is 4.74 Å². The van der Waals surface area contributed by atoms with Crippen molar-refractivity contribution in [2.24, 2.45) is 5.92 Å². The van der Waals surface area contributed by atoms with Crippen molar-refractivity contribution < 1.29 is 4.74 Å². The first-order valence-electron chi connectivity index (χ1n) is 5.14. The first-order valence-corrected chi connectivity index (χ1v) is 5.14. The van der Waals surface area contributed by atoms with Gasteiger partial charge in [-0.15, -0.1) is 0 Å². The summed E-state index contributed by atoms with van der Waals surface area (Å²) in [6.07, 6.45) is 1.82. The highest BCUT2D eigenvalue weighted by molar-refractivity contribution is 5.43. The molecular weight excluding hydrogens is 174 g/mol. The van der Waals surface area contributed by atoms with E-state index in [0.717, 1.165) is 12.5 Å². The van der Waals surface area contributed by atoms with Crippen LogP contribution in [0.3, 0.4) is 0 Å². The van der Waals surface area contributed by atoms with E-state index in [1.807, 2.05) is 6.20 Å². The third-order valence-corrected chi connectivity index (χ3v) is 3.48. The van der Waals surface area contributed by atoms with Crippen LogP contribution < -0.4 is 4.74 Å². The summed E-state index contributed by atoms with van der Waals surface area (Å²) < 4.78 is 5.65. The molecule has 1 unspecified atom stereocenters. The van der Waals surface area contributed by atoms with Gasteiger partial charge in [-0.3, -0.25) is 0 Å². The standard InChI is InChI=1S/C12H17NO/c1-8(2)12(4)7-14-11-10(12)9(3)5-6-13-11/h5-6,8H,7H2,1-4H3. The molecule has 1 atom stereocenters. The largest absolute Gasteiger partial charge is 0.476 e. The fourth-order valence-electron chi connectivity index (χ4n) is 2.08. The zero-order valence-corrected chi connectivity index (χ0v) is 9.29. The average Bonchev–Trinajstić information content (AvgIpc) is 2.47. The Morgan fingerprint density at radius 1 is 1.50 bits per heavy atom. The Labute approximate surface area is 85.3 Å². The summed E-state index contributed by atoms with van der Waals surface area (Å²) in [7, 11) is 0. The molecule has 0 aromatic carbocycles.